The predicted molar refractivity (Wildman–Crippen MR) is 97.2 cm³/mol. The van der Waals surface area contributed by atoms with E-state index in [1.807, 2.05) is 0 Å². The normalized spacial score (nSPS) is 12.1. The fourth-order valence-corrected chi connectivity index (χ4v) is 2.53. The second kappa shape index (κ2) is 10.4. The molecule has 0 saturated heterocycles. The average molecular weight is 300 g/mol. The van der Waals surface area contributed by atoms with Crippen LogP contribution in [0.25, 0.3) is 0 Å². The minimum absolute atomic E-state index is 0.560. The van der Waals surface area contributed by atoms with Gasteiger partial charge in [0.25, 0.3) is 0 Å². The minimum atomic E-state index is 0.560. The Hall–Kier alpha value is -1.30. The lowest BCUT2D eigenvalue weighted by Crippen LogP contribution is -2.34. The quantitative estimate of drug-likeness (QED) is 0.714. The largest absolute Gasteiger partial charge is 0.314 e. The van der Waals surface area contributed by atoms with Gasteiger partial charge in [-0.2, -0.15) is 0 Å². The number of nitrogens with one attached hydrogen (secondary N) is 2. The Morgan fingerprint density at radius 2 is 1.86 bits per heavy atom. The Kier molecular flexibility index (Phi) is 8.89. The lowest BCUT2D eigenvalue weighted by atomic mass is 10.1. The third-order valence-electron chi connectivity index (χ3n) is 3.77. The van der Waals surface area contributed by atoms with Crippen LogP contribution in [-0.2, 0) is 0 Å². The van der Waals surface area contributed by atoms with Crippen molar-refractivity contribution in [3.05, 3.63) is 34.9 Å². The molecule has 22 heavy (non-hydrogen) atoms. The van der Waals surface area contributed by atoms with Crippen LogP contribution >= 0.6 is 0 Å². The molecule has 0 bridgehead atoms. The van der Waals surface area contributed by atoms with Crippen molar-refractivity contribution in [2.24, 2.45) is 0 Å². The summed E-state index contributed by atoms with van der Waals surface area (Å²) in [4.78, 5) is 0. The van der Waals surface area contributed by atoms with Gasteiger partial charge in [-0.3, -0.25) is 0 Å². The van der Waals surface area contributed by atoms with Crippen molar-refractivity contribution < 1.29 is 0 Å². The third-order valence-corrected chi connectivity index (χ3v) is 3.77. The molecular weight excluding hydrogens is 268 g/mol. The van der Waals surface area contributed by atoms with E-state index in [1.54, 1.807) is 0 Å². The standard InChI is InChI=1S/C20H32N2/c1-6-8-20(12-14-21-16(2)3)22-13-7-9-19-11-10-17(4)15-18(19)5/h10-11,15-16,20-22H,6,8,12-14H2,1-5H3. The van der Waals surface area contributed by atoms with Gasteiger partial charge in [0.05, 0.1) is 6.54 Å². The summed E-state index contributed by atoms with van der Waals surface area (Å²) in [5, 5.41) is 7.07. The topological polar surface area (TPSA) is 24.1 Å². The molecule has 0 saturated carbocycles. The van der Waals surface area contributed by atoms with Gasteiger partial charge in [-0.1, -0.05) is 56.7 Å². The van der Waals surface area contributed by atoms with Crippen LogP contribution in [0.1, 0.15) is 56.7 Å². The minimum Gasteiger partial charge on any atom is -0.314 e. The van der Waals surface area contributed by atoms with E-state index in [4.69, 9.17) is 0 Å². The second-order valence-corrected chi connectivity index (χ2v) is 6.38. The van der Waals surface area contributed by atoms with Gasteiger partial charge in [-0.05, 0) is 44.9 Å². The van der Waals surface area contributed by atoms with Crippen LogP contribution in [0.5, 0.6) is 0 Å². The highest BCUT2D eigenvalue weighted by molar-refractivity contribution is 5.42. The smallest absolute Gasteiger partial charge is 0.0582 e. The van der Waals surface area contributed by atoms with E-state index < -0.39 is 0 Å². The lowest BCUT2D eigenvalue weighted by Gasteiger charge is -2.17. The van der Waals surface area contributed by atoms with Crippen molar-refractivity contribution in [2.75, 3.05) is 13.1 Å². The summed E-state index contributed by atoms with van der Waals surface area (Å²) in [6.07, 6.45) is 3.59. The number of benzene rings is 1. The average Bonchev–Trinajstić information content (AvgIpc) is 2.45. The first-order valence-electron chi connectivity index (χ1n) is 8.55. The van der Waals surface area contributed by atoms with Gasteiger partial charge in [-0.25, -0.2) is 0 Å². The molecule has 0 radical (unpaired) electrons. The van der Waals surface area contributed by atoms with Crippen molar-refractivity contribution in [3.8, 4) is 11.8 Å². The highest BCUT2D eigenvalue weighted by Crippen LogP contribution is 2.08. The fourth-order valence-electron chi connectivity index (χ4n) is 2.53. The molecule has 2 N–H and O–H groups in total. The van der Waals surface area contributed by atoms with Crippen LogP contribution in [0.4, 0.5) is 0 Å². The molecule has 0 fully saturated rings. The summed E-state index contributed by atoms with van der Waals surface area (Å²) >= 11 is 0. The maximum atomic E-state index is 3.58. The van der Waals surface area contributed by atoms with Gasteiger partial charge in [0.15, 0.2) is 0 Å². The molecule has 1 aromatic rings. The molecular formula is C20H32N2. The molecule has 0 aromatic heterocycles. The summed E-state index contributed by atoms with van der Waals surface area (Å²) in [6.45, 7) is 12.7. The van der Waals surface area contributed by atoms with E-state index in [-0.39, 0.29) is 0 Å². The second-order valence-electron chi connectivity index (χ2n) is 6.38. The zero-order valence-corrected chi connectivity index (χ0v) is 14.9. The Bertz CT molecular complexity index is 494. The van der Waals surface area contributed by atoms with Gasteiger partial charge in [0.2, 0.25) is 0 Å². The first-order chi connectivity index (χ1) is 10.5. The maximum Gasteiger partial charge on any atom is 0.0582 e. The molecule has 1 unspecified atom stereocenters. The van der Waals surface area contributed by atoms with E-state index >= 15 is 0 Å². The highest BCUT2D eigenvalue weighted by Gasteiger charge is 2.05. The SMILES string of the molecule is CCCC(CCNC(C)C)NCC#Cc1ccc(C)cc1C. The van der Waals surface area contributed by atoms with Gasteiger partial charge >= 0.3 is 0 Å². The van der Waals surface area contributed by atoms with Crippen molar-refractivity contribution in [3.63, 3.8) is 0 Å². The maximum absolute atomic E-state index is 3.58. The first-order valence-corrected chi connectivity index (χ1v) is 8.55. The Labute approximate surface area is 137 Å². The third kappa shape index (κ3) is 7.64. The molecule has 1 aromatic carbocycles. The van der Waals surface area contributed by atoms with Gasteiger partial charge in [0.1, 0.15) is 0 Å². The number of rotatable bonds is 8. The van der Waals surface area contributed by atoms with Gasteiger partial charge in [0, 0.05) is 17.6 Å². The summed E-state index contributed by atoms with van der Waals surface area (Å²) in [5.74, 6) is 6.55. The van der Waals surface area contributed by atoms with Crippen LogP contribution in [0.15, 0.2) is 18.2 Å². The fraction of sp³-hybridized carbons (Fsp3) is 0.600. The molecule has 0 aliphatic rings. The predicted octanol–water partition coefficient (Wildman–Crippen LogP) is 3.80. The van der Waals surface area contributed by atoms with Gasteiger partial charge < -0.3 is 10.6 Å². The van der Waals surface area contributed by atoms with E-state index in [2.05, 4.69) is 75.3 Å². The van der Waals surface area contributed by atoms with E-state index in [0.717, 1.165) is 25.1 Å². The molecule has 0 heterocycles. The van der Waals surface area contributed by atoms with Crippen molar-refractivity contribution >= 4 is 0 Å². The van der Waals surface area contributed by atoms with E-state index in [0.29, 0.717) is 12.1 Å². The van der Waals surface area contributed by atoms with Crippen LogP contribution in [0.3, 0.4) is 0 Å². The van der Waals surface area contributed by atoms with Crippen LogP contribution in [0, 0.1) is 25.7 Å². The summed E-state index contributed by atoms with van der Waals surface area (Å²) in [6, 6.07) is 7.56. The van der Waals surface area contributed by atoms with E-state index in [1.165, 1.54) is 24.0 Å². The molecule has 1 rings (SSSR count). The van der Waals surface area contributed by atoms with Crippen molar-refractivity contribution in [1.29, 1.82) is 0 Å². The highest BCUT2D eigenvalue weighted by atomic mass is 14.9. The molecule has 1 atom stereocenters. The molecule has 2 nitrogen and oxygen atoms in total. The molecule has 0 aliphatic heterocycles. The molecule has 0 spiro atoms. The summed E-state index contributed by atoms with van der Waals surface area (Å²) in [5.41, 5.74) is 3.70. The van der Waals surface area contributed by atoms with Crippen LogP contribution in [0.2, 0.25) is 0 Å². The number of aryl methyl sites for hydroxylation is 2. The Balaban J connectivity index is 2.43. The Morgan fingerprint density at radius 1 is 1.09 bits per heavy atom. The number of hydrogen-bond donors (Lipinski definition) is 2. The number of hydrogen-bond acceptors (Lipinski definition) is 2. The molecule has 122 valence electrons. The molecule has 2 heteroatoms. The first kappa shape index (κ1) is 18.7. The monoisotopic (exact) mass is 300 g/mol. The van der Waals surface area contributed by atoms with Crippen molar-refractivity contribution in [1.82, 2.24) is 10.6 Å². The molecule has 0 aliphatic carbocycles. The van der Waals surface area contributed by atoms with Crippen molar-refractivity contribution in [2.45, 2.75) is 66.0 Å². The van der Waals surface area contributed by atoms with Gasteiger partial charge in [-0.15, -0.1) is 0 Å². The zero-order valence-electron chi connectivity index (χ0n) is 14.9. The summed E-state index contributed by atoms with van der Waals surface area (Å²) in [7, 11) is 0. The van der Waals surface area contributed by atoms with Crippen LogP contribution < -0.4 is 10.6 Å². The van der Waals surface area contributed by atoms with Crippen LogP contribution in [-0.4, -0.2) is 25.2 Å². The molecule has 0 amide bonds. The van der Waals surface area contributed by atoms with E-state index in [9.17, 15) is 0 Å². The summed E-state index contributed by atoms with van der Waals surface area (Å²) < 4.78 is 0. The lowest BCUT2D eigenvalue weighted by molar-refractivity contribution is 0.443. The Morgan fingerprint density at radius 3 is 2.50 bits per heavy atom. The zero-order chi connectivity index (χ0) is 16.4.